The second-order valence-corrected chi connectivity index (χ2v) is 8.48. The lowest BCUT2D eigenvalue weighted by molar-refractivity contribution is 0.0966. The molecule has 1 aliphatic carbocycles. The molecule has 2 aliphatic rings. The summed E-state index contributed by atoms with van der Waals surface area (Å²) in [6.45, 7) is 6.28. The van der Waals surface area contributed by atoms with E-state index < -0.39 is 0 Å². The lowest BCUT2D eigenvalue weighted by Gasteiger charge is -2.24. The molecule has 6 nitrogen and oxygen atoms in total. The van der Waals surface area contributed by atoms with E-state index >= 15 is 0 Å². The number of nitrogens with zero attached hydrogens (tertiary/aromatic N) is 1. The smallest absolute Gasteiger partial charge is 0.271 e. The Morgan fingerprint density at radius 1 is 1.19 bits per heavy atom. The number of aliphatic imine (C=N–C) groups is 1. The first kappa shape index (κ1) is 21.6. The Hall–Kier alpha value is -3.67. The van der Waals surface area contributed by atoms with Gasteiger partial charge in [0.05, 0.1) is 0 Å². The zero-order valence-corrected chi connectivity index (χ0v) is 18.6. The van der Waals surface area contributed by atoms with Crippen molar-refractivity contribution in [2.45, 2.75) is 45.4 Å². The van der Waals surface area contributed by atoms with Crippen molar-refractivity contribution >= 4 is 17.4 Å². The van der Waals surface area contributed by atoms with Gasteiger partial charge in [-0.2, -0.15) is 0 Å². The molecule has 2 aromatic rings. The average Bonchev–Trinajstić information content (AvgIpc) is 3.30. The topological polar surface area (TPSA) is 86.3 Å². The van der Waals surface area contributed by atoms with Gasteiger partial charge in [0, 0.05) is 36.0 Å². The van der Waals surface area contributed by atoms with Gasteiger partial charge in [-0.3, -0.25) is 9.59 Å². The summed E-state index contributed by atoms with van der Waals surface area (Å²) in [5.41, 5.74) is 4.95. The van der Waals surface area contributed by atoms with Gasteiger partial charge in [-0.25, -0.2) is 4.99 Å². The number of carbonyl (C=O) groups excluding carboxylic acids is 1. The van der Waals surface area contributed by atoms with Gasteiger partial charge in [-0.05, 0) is 60.2 Å². The fourth-order valence-electron chi connectivity index (χ4n) is 3.95. The van der Waals surface area contributed by atoms with E-state index in [0.29, 0.717) is 23.6 Å². The maximum Gasteiger partial charge on any atom is 0.271 e. The third kappa shape index (κ3) is 4.64. The van der Waals surface area contributed by atoms with Gasteiger partial charge in [-0.15, -0.1) is 0 Å². The minimum atomic E-state index is -0.185. The van der Waals surface area contributed by atoms with Gasteiger partial charge in [0.2, 0.25) is 0 Å². The number of rotatable bonds is 5. The zero-order chi connectivity index (χ0) is 22.7. The highest BCUT2D eigenvalue weighted by atomic mass is 16.1. The van der Waals surface area contributed by atoms with Crippen molar-refractivity contribution in [2.24, 2.45) is 4.99 Å². The van der Waals surface area contributed by atoms with Gasteiger partial charge in [-0.1, -0.05) is 38.1 Å². The Balaban J connectivity index is 1.54. The van der Waals surface area contributed by atoms with E-state index in [1.165, 1.54) is 5.56 Å². The Kier molecular flexibility index (Phi) is 6.21. The lowest BCUT2D eigenvalue weighted by Crippen LogP contribution is -2.25. The summed E-state index contributed by atoms with van der Waals surface area (Å²) in [5, 5.41) is 6.18. The highest BCUT2D eigenvalue weighted by molar-refractivity contribution is 5.98. The maximum atomic E-state index is 12.8. The number of aromatic nitrogens is 1. The van der Waals surface area contributed by atoms with Crippen LogP contribution in [0.3, 0.4) is 0 Å². The Bertz CT molecular complexity index is 1200. The van der Waals surface area contributed by atoms with Crippen LogP contribution in [-0.4, -0.2) is 16.7 Å². The number of pyridine rings is 1. The second-order valence-electron chi connectivity index (χ2n) is 8.48. The fourth-order valence-corrected chi connectivity index (χ4v) is 3.95. The average molecular weight is 429 g/mol. The molecule has 6 heteroatoms. The molecule has 1 aromatic carbocycles. The van der Waals surface area contributed by atoms with Crippen molar-refractivity contribution in [3.8, 4) is 0 Å². The van der Waals surface area contributed by atoms with E-state index in [9.17, 15) is 9.59 Å². The molecule has 1 unspecified atom stereocenters. The van der Waals surface area contributed by atoms with Crippen LogP contribution >= 0.6 is 0 Å². The van der Waals surface area contributed by atoms with Crippen LogP contribution in [0.5, 0.6) is 0 Å². The van der Waals surface area contributed by atoms with Gasteiger partial charge in [0.15, 0.2) is 0 Å². The van der Waals surface area contributed by atoms with Crippen molar-refractivity contribution < 1.29 is 4.79 Å². The summed E-state index contributed by atoms with van der Waals surface area (Å²) in [7, 11) is 0. The highest BCUT2D eigenvalue weighted by Gasteiger charge is 2.21. The number of amidine groups is 1. The van der Waals surface area contributed by atoms with Crippen LogP contribution in [0.4, 0.5) is 5.69 Å². The molecule has 0 fully saturated rings. The molecule has 1 amide bonds. The Morgan fingerprint density at radius 3 is 2.66 bits per heavy atom. The van der Waals surface area contributed by atoms with E-state index in [2.05, 4.69) is 40.5 Å². The molecule has 2 heterocycles. The molecule has 32 heavy (non-hydrogen) atoms. The molecule has 4 rings (SSSR count). The molecule has 0 bridgehead atoms. The lowest BCUT2D eigenvalue weighted by atomic mass is 9.85. The number of hydrogen-bond acceptors (Lipinski definition) is 4. The minimum absolute atomic E-state index is 0.0552. The number of H-pyrrole nitrogens is 1. The van der Waals surface area contributed by atoms with Crippen LogP contribution in [0, 0.1) is 0 Å². The number of amides is 1. The summed E-state index contributed by atoms with van der Waals surface area (Å²) in [5.74, 6) is 1.10. The van der Waals surface area contributed by atoms with Crippen molar-refractivity contribution in [1.29, 1.82) is 0 Å². The molecule has 1 aliphatic heterocycles. The second kappa shape index (κ2) is 9.22. The zero-order valence-electron chi connectivity index (χ0n) is 18.6. The molecule has 0 spiro atoms. The SMILES string of the molecule is CC1=C(NC(=O)c2ccc(C(C)C)cc2)C=CCC1c1c[nH]c(=O)c(NC2=NC=CC2)c1. The first-order valence-corrected chi connectivity index (χ1v) is 10.9. The number of allylic oxidation sites excluding steroid dienone is 3. The van der Waals surface area contributed by atoms with Crippen LogP contribution in [0.2, 0.25) is 0 Å². The van der Waals surface area contributed by atoms with E-state index in [4.69, 9.17) is 0 Å². The molecule has 0 saturated carbocycles. The van der Waals surface area contributed by atoms with E-state index in [1.807, 2.05) is 49.4 Å². The third-order valence-electron chi connectivity index (χ3n) is 5.95. The predicted octanol–water partition coefficient (Wildman–Crippen LogP) is 4.97. The van der Waals surface area contributed by atoms with Crippen molar-refractivity contribution in [3.63, 3.8) is 0 Å². The Labute approximate surface area is 187 Å². The largest absolute Gasteiger partial charge is 0.339 e. The number of hydrogen-bond donors (Lipinski definition) is 3. The van der Waals surface area contributed by atoms with E-state index in [-0.39, 0.29) is 17.4 Å². The fraction of sp³-hybridized carbons (Fsp3) is 0.269. The molecule has 0 radical (unpaired) electrons. The van der Waals surface area contributed by atoms with Crippen LogP contribution in [0.25, 0.3) is 0 Å². The summed E-state index contributed by atoms with van der Waals surface area (Å²) >= 11 is 0. The molecule has 1 atom stereocenters. The van der Waals surface area contributed by atoms with Crippen LogP contribution in [0.15, 0.2) is 82.0 Å². The quantitative estimate of drug-likeness (QED) is 0.628. The summed E-state index contributed by atoms with van der Waals surface area (Å²) in [6.07, 6.45) is 10.9. The van der Waals surface area contributed by atoms with Gasteiger partial charge >= 0.3 is 0 Å². The predicted molar refractivity (Wildman–Crippen MR) is 129 cm³/mol. The molecular formula is C26H28N4O2. The van der Waals surface area contributed by atoms with Crippen LogP contribution in [-0.2, 0) is 0 Å². The van der Waals surface area contributed by atoms with Gasteiger partial charge in [0.25, 0.3) is 11.5 Å². The first-order chi connectivity index (χ1) is 15.4. The monoisotopic (exact) mass is 428 g/mol. The van der Waals surface area contributed by atoms with E-state index in [1.54, 1.807) is 12.4 Å². The number of anilines is 1. The van der Waals surface area contributed by atoms with Gasteiger partial charge in [0.1, 0.15) is 11.5 Å². The maximum absolute atomic E-state index is 12.8. The molecule has 3 N–H and O–H groups in total. The van der Waals surface area contributed by atoms with Crippen molar-refractivity contribution in [2.75, 3.05) is 5.32 Å². The number of nitrogens with one attached hydrogen (secondary N) is 3. The minimum Gasteiger partial charge on any atom is -0.339 e. The number of carbonyl (C=O) groups is 1. The molecule has 0 saturated heterocycles. The normalized spacial score (nSPS) is 17.6. The van der Waals surface area contributed by atoms with Gasteiger partial charge < -0.3 is 15.6 Å². The van der Waals surface area contributed by atoms with E-state index in [0.717, 1.165) is 29.1 Å². The van der Waals surface area contributed by atoms with Crippen LogP contribution in [0.1, 0.15) is 66.9 Å². The summed E-state index contributed by atoms with van der Waals surface area (Å²) in [4.78, 5) is 32.1. The standard InChI is InChI=1S/C26H28N4O2/c1-16(2)18-9-11-19(12-10-18)25(31)30-22-7-4-6-21(17(22)3)20-14-23(26(32)28-15-20)29-24-8-5-13-27-24/h4-5,7,9-16,21H,6,8H2,1-3H3,(H,27,29)(H,28,32)(H,30,31). The highest BCUT2D eigenvalue weighted by Crippen LogP contribution is 2.33. The molecule has 164 valence electrons. The van der Waals surface area contributed by atoms with Crippen LogP contribution < -0.4 is 16.2 Å². The van der Waals surface area contributed by atoms with Crippen molar-refractivity contribution in [3.05, 3.63) is 99.3 Å². The third-order valence-corrected chi connectivity index (χ3v) is 5.95. The number of aromatic amines is 1. The molecule has 1 aromatic heterocycles. The van der Waals surface area contributed by atoms with Crippen molar-refractivity contribution in [1.82, 2.24) is 10.3 Å². The summed E-state index contributed by atoms with van der Waals surface area (Å²) in [6, 6.07) is 9.60. The number of benzene rings is 1. The molecular weight excluding hydrogens is 400 g/mol. The first-order valence-electron chi connectivity index (χ1n) is 10.9. The summed E-state index contributed by atoms with van der Waals surface area (Å²) < 4.78 is 0. The Morgan fingerprint density at radius 2 is 1.97 bits per heavy atom.